The number of rotatable bonds is 8. The van der Waals surface area contributed by atoms with Crippen LogP contribution in [-0.4, -0.2) is 46.2 Å². The van der Waals surface area contributed by atoms with Crippen LogP contribution >= 0.6 is 11.8 Å². The fourth-order valence-electron chi connectivity index (χ4n) is 2.62. The summed E-state index contributed by atoms with van der Waals surface area (Å²) in [6.07, 6.45) is 1.23. The summed E-state index contributed by atoms with van der Waals surface area (Å²) in [4.78, 5) is 25.6. The first-order valence-electron chi connectivity index (χ1n) is 8.42. The molecule has 1 aromatic carbocycles. The lowest BCUT2D eigenvalue weighted by molar-refractivity contribution is 0.0420. The normalized spacial score (nSPS) is 12.2. The lowest BCUT2D eigenvalue weighted by Gasteiger charge is -2.14. The van der Waals surface area contributed by atoms with E-state index >= 15 is 0 Å². The molecule has 1 aromatic heterocycles. The molecule has 146 valence electrons. The molecule has 1 heterocycles. The van der Waals surface area contributed by atoms with Gasteiger partial charge in [-0.1, -0.05) is 6.07 Å². The highest BCUT2D eigenvalue weighted by atomic mass is 32.2. The van der Waals surface area contributed by atoms with Crippen LogP contribution in [0.5, 0.6) is 0 Å². The van der Waals surface area contributed by atoms with E-state index in [-0.39, 0.29) is 30.9 Å². The number of benzene rings is 1. The highest BCUT2D eigenvalue weighted by molar-refractivity contribution is 7.98. The van der Waals surface area contributed by atoms with Crippen LogP contribution in [-0.2, 0) is 18.2 Å². The molecule has 0 saturated carbocycles. The Morgan fingerprint density at radius 2 is 2.15 bits per heavy atom. The van der Waals surface area contributed by atoms with Crippen LogP contribution in [0.4, 0.5) is 4.39 Å². The first-order valence-corrected chi connectivity index (χ1v) is 9.65. The van der Waals surface area contributed by atoms with Gasteiger partial charge < -0.3 is 9.84 Å². The van der Waals surface area contributed by atoms with Gasteiger partial charge in [-0.25, -0.2) is 9.07 Å². The molecule has 27 heavy (non-hydrogen) atoms. The molecular weight excluding hydrogens is 371 g/mol. The molecule has 0 aliphatic heterocycles. The molecule has 6 nitrogen and oxygen atoms in total. The number of hydrogen-bond donors (Lipinski definition) is 1. The monoisotopic (exact) mass is 394 g/mol. The third-order valence-electron chi connectivity index (χ3n) is 4.09. The van der Waals surface area contributed by atoms with Crippen LogP contribution in [0.1, 0.15) is 34.1 Å². The summed E-state index contributed by atoms with van der Waals surface area (Å²) >= 11 is 1.43. The number of ether oxygens (including phenoxy) is 1. The molecule has 0 bridgehead atoms. The molecule has 1 atom stereocenters. The Morgan fingerprint density at radius 1 is 1.44 bits per heavy atom. The maximum absolute atomic E-state index is 14.4. The van der Waals surface area contributed by atoms with Crippen molar-refractivity contribution in [1.82, 2.24) is 9.78 Å². The van der Waals surface area contributed by atoms with Gasteiger partial charge in [-0.15, -0.1) is 11.8 Å². The molecule has 0 radical (unpaired) electrons. The number of ketones is 1. The first kappa shape index (κ1) is 21.3. The number of halogens is 1. The van der Waals surface area contributed by atoms with E-state index < -0.39 is 17.7 Å². The summed E-state index contributed by atoms with van der Waals surface area (Å²) in [7, 11) is 1.46. The fraction of sp³-hybridized carbons (Fsp3) is 0.421. The van der Waals surface area contributed by atoms with Crippen LogP contribution in [0.15, 0.2) is 27.9 Å². The van der Waals surface area contributed by atoms with E-state index in [0.29, 0.717) is 16.7 Å². The predicted molar refractivity (Wildman–Crippen MR) is 102 cm³/mol. The predicted octanol–water partition coefficient (Wildman–Crippen LogP) is 2.12. The highest BCUT2D eigenvalue weighted by Gasteiger charge is 2.21. The lowest BCUT2D eigenvalue weighted by atomic mass is 9.98. The van der Waals surface area contributed by atoms with Gasteiger partial charge in [0.1, 0.15) is 18.1 Å². The number of aryl methyl sites for hydroxylation is 1. The van der Waals surface area contributed by atoms with Crippen molar-refractivity contribution in [3.63, 3.8) is 0 Å². The second-order valence-electron chi connectivity index (χ2n) is 6.30. The minimum atomic E-state index is -0.698. The second-order valence-corrected chi connectivity index (χ2v) is 7.18. The first-order chi connectivity index (χ1) is 12.7. The minimum absolute atomic E-state index is 0.0105. The van der Waals surface area contributed by atoms with Gasteiger partial charge in [0.05, 0.1) is 12.7 Å². The van der Waals surface area contributed by atoms with Crippen LogP contribution in [0.3, 0.4) is 0 Å². The van der Waals surface area contributed by atoms with Crippen LogP contribution in [0, 0.1) is 12.7 Å². The van der Waals surface area contributed by atoms with Gasteiger partial charge in [0.25, 0.3) is 5.56 Å². The largest absolute Gasteiger partial charge is 0.391 e. The summed E-state index contributed by atoms with van der Waals surface area (Å²) in [5, 5.41) is 13.3. The Hall–Kier alpha value is -2.03. The van der Waals surface area contributed by atoms with Crippen molar-refractivity contribution in [2.24, 2.45) is 7.05 Å². The number of aromatic nitrogens is 2. The van der Waals surface area contributed by atoms with Crippen molar-refractivity contribution in [3.8, 4) is 0 Å². The van der Waals surface area contributed by atoms with E-state index in [9.17, 15) is 19.1 Å². The molecule has 0 amide bonds. The number of hydrogen-bond acceptors (Lipinski definition) is 6. The van der Waals surface area contributed by atoms with E-state index in [2.05, 4.69) is 5.10 Å². The Labute approximate surface area is 161 Å². The van der Waals surface area contributed by atoms with Crippen molar-refractivity contribution in [2.45, 2.75) is 31.3 Å². The molecule has 8 heteroatoms. The van der Waals surface area contributed by atoms with Gasteiger partial charge in [-0.05, 0) is 43.4 Å². The minimum Gasteiger partial charge on any atom is -0.391 e. The lowest BCUT2D eigenvalue weighted by Crippen LogP contribution is -2.29. The summed E-state index contributed by atoms with van der Waals surface area (Å²) in [5.41, 5.74) is 0.852. The highest BCUT2D eigenvalue weighted by Crippen LogP contribution is 2.22. The van der Waals surface area contributed by atoms with E-state index in [1.54, 1.807) is 26.0 Å². The van der Waals surface area contributed by atoms with Crippen LogP contribution < -0.4 is 5.56 Å². The zero-order chi connectivity index (χ0) is 20.1. The molecule has 0 unspecified atom stereocenters. The summed E-state index contributed by atoms with van der Waals surface area (Å²) in [6, 6.07) is 4.87. The topological polar surface area (TPSA) is 81.4 Å². The Balaban J connectivity index is 2.41. The molecule has 1 N–H and O–H groups in total. The molecule has 0 aliphatic rings. The smallest absolute Gasteiger partial charge is 0.269 e. The van der Waals surface area contributed by atoms with E-state index in [0.717, 1.165) is 9.58 Å². The van der Waals surface area contributed by atoms with Gasteiger partial charge in [-0.2, -0.15) is 5.10 Å². The third kappa shape index (κ3) is 5.24. The molecule has 0 spiro atoms. The van der Waals surface area contributed by atoms with Gasteiger partial charge in [-0.3, -0.25) is 9.59 Å². The number of Topliss-reactive ketones (excluding diaryl/α,β-unsaturated/α-hetero) is 1. The van der Waals surface area contributed by atoms with Crippen LogP contribution in [0.2, 0.25) is 0 Å². The molecule has 2 rings (SSSR count). The van der Waals surface area contributed by atoms with Gasteiger partial charge in [0.15, 0.2) is 0 Å². The number of nitrogens with zero attached hydrogens (tertiary/aromatic N) is 2. The summed E-state index contributed by atoms with van der Waals surface area (Å²) in [5.74, 6) is -0.823. The standard InChI is InChI=1S/C19H23FN2O4S/c1-11(23)9-26-10-17(24)18-15(12(2)19(25)22(3)21-18)7-13-5-6-14(27-4)8-16(13)20/h5-6,8,11,23H,7,9-10H2,1-4H3/t11-/m0/s1. The number of aliphatic hydroxyl groups excluding tert-OH is 1. The number of carbonyl (C=O) groups excluding carboxylic acids is 1. The van der Waals surface area contributed by atoms with Crippen LogP contribution in [0.25, 0.3) is 0 Å². The maximum atomic E-state index is 14.4. The zero-order valence-corrected chi connectivity index (χ0v) is 16.6. The van der Waals surface area contributed by atoms with Crippen molar-refractivity contribution < 1.29 is 19.0 Å². The Kier molecular flexibility index (Phi) is 7.29. The molecule has 2 aromatic rings. The Morgan fingerprint density at radius 3 is 2.74 bits per heavy atom. The van der Waals surface area contributed by atoms with Crippen molar-refractivity contribution in [2.75, 3.05) is 19.5 Å². The summed E-state index contributed by atoms with van der Waals surface area (Å²) < 4.78 is 20.7. The average Bonchev–Trinajstić information content (AvgIpc) is 2.62. The van der Waals surface area contributed by atoms with Crippen molar-refractivity contribution in [3.05, 3.63) is 56.8 Å². The number of aliphatic hydroxyl groups is 1. The second kappa shape index (κ2) is 9.25. The fourth-order valence-corrected chi connectivity index (χ4v) is 3.05. The molecule has 0 fully saturated rings. The van der Waals surface area contributed by atoms with Gasteiger partial charge in [0.2, 0.25) is 5.78 Å². The Bertz CT molecular complexity index is 896. The quantitative estimate of drug-likeness (QED) is 0.546. The van der Waals surface area contributed by atoms with Gasteiger partial charge >= 0.3 is 0 Å². The summed E-state index contributed by atoms with van der Waals surface area (Å²) in [6.45, 7) is 2.87. The molecule has 0 aliphatic carbocycles. The maximum Gasteiger partial charge on any atom is 0.269 e. The third-order valence-corrected chi connectivity index (χ3v) is 4.81. The van der Waals surface area contributed by atoms with Crippen molar-refractivity contribution in [1.29, 1.82) is 0 Å². The number of carbonyl (C=O) groups is 1. The number of thioether (sulfide) groups is 1. The van der Waals surface area contributed by atoms with E-state index in [1.165, 1.54) is 24.9 Å². The molecular formula is C19H23FN2O4S. The van der Waals surface area contributed by atoms with Gasteiger partial charge in [0, 0.05) is 23.9 Å². The average molecular weight is 394 g/mol. The van der Waals surface area contributed by atoms with E-state index in [1.807, 2.05) is 6.26 Å². The zero-order valence-electron chi connectivity index (χ0n) is 15.8. The SMILES string of the molecule is CSc1ccc(Cc2c(C(=O)COC[C@H](C)O)nn(C)c(=O)c2C)c(F)c1. The molecule has 0 saturated heterocycles. The van der Waals surface area contributed by atoms with Crippen molar-refractivity contribution >= 4 is 17.5 Å². The van der Waals surface area contributed by atoms with E-state index in [4.69, 9.17) is 4.74 Å².